The summed E-state index contributed by atoms with van der Waals surface area (Å²) in [7, 11) is -2.17. The van der Waals surface area contributed by atoms with Gasteiger partial charge >= 0.3 is 5.97 Å². The fraction of sp³-hybridized carbons (Fsp3) is 0.357. The van der Waals surface area contributed by atoms with Gasteiger partial charge in [0.2, 0.25) is 5.91 Å². The highest BCUT2D eigenvalue weighted by Gasteiger charge is 2.31. The van der Waals surface area contributed by atoms with Gasteiger partial charge in [-0.25, -0.2) is 8.42 Å². The Bertz CT molecular complexity index is 772. The molecule has 1 unspecified atom stereocenters. The zero-order valence-corrected chi connectivity index (χ0v) is 13.5. The lowest BCUT2D eigenvalue weighted by Crippen LogP contribution is -2.36. The van der Waals surface area contributed by atoms with Crippen molar-refractivity contribution in [1.82, 2.24) is 9.62 Å². The zero-order chi connectivity index (χ0) is 17.2. The van der Waals surface area contributed by atoms with E-state index in [1.807, 2.05) is 0 Å². The molecule has 0 bridgehead atoms. The second-order valence-electron chi connectivity index (χ2n) is 5.16. The van der Waals surface area contributed by atoms with E-state index in [4.69, 9.17) is 5.11 Å². The van der Waals surface area contributed by atoms with Crippen LogP contribution in [0.5, 0.6) is 0 Å². The smallest absolute Gasteiger partial charge is 0.305 e. The Labute approximate surface area is 133 Å². The average Bonchev–Trinajstić information content (AvgIpc) is 2.75. The van der Waals surface area contributed by atoms with E-state index in [0.29, 0.717) is 5.56 Å². The first-order valence-electron chi connectivity index (χ1n) is 6.89. The monoisotopic (exact) mass is 339 g/mol. The van der Waals surface area contributed by atoms with Crippen molar-refractivity contribution in [3.05, 3.63) is 29.8 Å². The molecule has 0 saturated carbocycles. The van der Waals surface area contributed by atoms with Gasteiger partial charge in [-0.2, -0.15) is 0 Å². The highest BCUT2D eigenvalue weighted by Crippen LogP contribution is 2.22. The molecule has 1 atom stereocenters. The number of nitrogens with one attached hydrogen (secondary N) is 1. The molecule has 0 spiro atoms. The van der Waals surface area contributed by atoms with Crippen LogP contribution in [-0.2, 0) is 19.6 Å². The quantitative estimate of drug-likeness (QED) is 0.786. The van der Waals surface area contributed by atoms with Crippen molar-refractivity contribution in [2.75, 3.05) is 13.6 Å². The number of aliphatic imine (C=N–C) groups is 1. The lowest BCUT2D eigenvalue weighted by molar-refractivity contribution is -0.138. The molecule has 23 heavy (non-hydrogen) atoms. The van der Waals surface area contributed by atoms with E-state index in [-0.39, 0.29) is 29.6 Å². The van der Waals surface area contributed by atoms with Crippen molar-refractivity contribution in [3.8, 4) is 0 Å². The van der Waals surface area contributed by atoms with E-state index in [0.717, 1.165) is 0 Å². The number of aliphatic carboxylic acids is 1. The van der Waals surface area contributed by atoms with Crippen molar-refractivity contribution in [3.63, 3.8) is 0 Å². The van der Waals surface area contributed by atoms with E-state index < -0.39 is 22.0 Å². The summed E-state index contributed by atoms with van der Waals surface area (Å²) in [5.74, 6) is -1.27. The second-order valence-corrected chi connectivity index (χ2v) is 6.81. The van der Waals surface area contributed by atoms with Gasteiger partial charge in [-0.3, -0.25) is 19.3 Å². The number of rotatable bonds is 5. The van der Waals surface area contributed by atoms with Crippen LogP contribution in [0.15, 0.2) is 34.2 Å². The van der Waals surface area contributed by atoms with Crippen LogP contribution in [-0.4, -0.2) is 55.8 Å². The number of benzene rings is 1. The molecule has 0 fully saturated rings. The van der Waals surface area contributed by atoms with Crippen LogP contribution in [0.4, 0.5) is 0 Å². The van der Waals surface area contributed by atoms with Crippen molar-refractivity contribution in [2.45, 2.75) is 24.3 Å². The molecule has 0 saturated heterocycles. The number of amidine groups is 1. The van der Waals surface area contributed by atoms with Gasteiger partial charge in [0.05, 0.1) is 11.3 Å². The van der Waals surface area contributed by atoms with Crippen molar-refractivity contribution in [1.29, 1.82) is 0 Å². The molecule has 0 radical (unpaired) electrons. The molecule has 8 nitrogen and oxygen atoms in total. The topological polar surface area (TPSA) is 116 Å². The molecular weight excluding hydrogens is 322 g/mol. The Hall–Kier alpha value is -2.42. The normalized spacial score (nSPS) is 18.1. The first-order chi connectivity index (χ1) is 10.7. The highest BCUT2D eigenvalue weighted by atomic mass is 32.2. The molecule has 2 rings (SSSR count). The molecule has 124 valence electrons. The predicted molar refractivity (Wildman–Crippen MR) is 82.7 cm³/mol. The number of carboxylic acid groups (broad SMARTS) is 1. The van der Waals surface area contributed by atoms with Gasteiger partial charge in [0, 0.05) is 19.2 Å². The molecule has 0 aliphatic carbocycles. The maximum atomic E-state index is 12.2. The average molecular weight is 339 g/mol. The van der Waals surface area contributed by atoms with Crippen LogP contribution in [0, 0.1) is 0 Å². The Morgan fingerprint density at radius 3 is 2.65 bits per heavy atom. The fourth-order valence-electron chi connectivity index (χ4n) is 2.17. The summed E-state index contributed by atoms with van der Waals surface area (Å²) in [5.41, 5.74) is 0.417. The number of hydrogen-bond donors (Lipinski definition) is 2. The second kappa shape index (κ2) is 6.37. The summed E-state index contributed by atoms with van der Waals surface area (Å²) >= 11 is 0. The molecule has 1 heterocycles. The van der Waals surface area contributed by atoms with Crippen molar-refractivity contribution in [2.24, 2.45) is 4.99 Å². The number of carboxylic acids is 1. The Morgan fingerprint density at radius 1 is 1.35 bits per heavy atom. The van der Waals surface area contributed by atoms with Crippen LogP contribution in [0.1, 0.15) is 18.9 Å². The van der Waals surface area contributed by atoms with Crippen LogP contribution >= 0.6 is 0 Å². The maximum absolute atomic E-state index is 12.2. The molecule has 0 aromatic heterocycles. The van der Waals surface area contributed by atoms with E-state index in [9.17, 15) is 18.0 Å². The number of likely N-dealkylation sites (N-methyl/N-ethyl adjacent to an activating group) is 1. The van der Waals surface area contributed by atoms with Crippen molar-refractivity contribution < 1.29 is 23.1 Å². The van der Waals surface area contributed by atoms with Crippen LogP contribution in [0.25, 0.3) is 0 Å². The number of amides is 1. The van der Waals surface area contributed by atoms with E-state index in [1.54, 1.807) is 18.2 Å². The fourth-order valence-corrected chi connectivity index (χ4v) is 3.41. The van der Waals surface area contributed by atoms with E-state index >= 15 is 0 Å². The third kappa shape index (κ3) is 3.67. The maximum Gasteiger partial charge on any atom is 0.305 e. The molecule has 2 N–H and O–H groups in total. The number of carbonyl (C=O) groups is 2. The summed E-state index contributed by atoms with van der Waals surface area (Å²) in [6, 6.07) is 5.53. The van der Waals surface area contributed by atoms with Gasteiger partial charge in [-0.15, -0.1) is 0 Å². The molecular formula is C14H17N3O5S. The number of fused-ring (bicyclic) bond motifs is 1. The minimum absolute atomic E-state index is 0.0612. The number of hydrogen-bond acceptors (Lipinski definition) is 5. The number of carbonyl (C=O) groups excluding carboxylic acids is 1. The van der Waals surface area contributed by atoms with Crippen LogP contribution < -0.4 is 4.72 Å². The van der Waals surface area contributed by atoms with E-state index in [1.165, 1.54) is 24.9 Å². The Morgan fingerprint density at radius 2 is 2.00 bits per heavy atom. The minimum Gasteiger partial charge on any atom is -0.481 e. The summed E-state index contributed by atoms with van der Waals surface area (Å²) in [4.78, 5) is 28.2. The first kappa shape index (κ1) is 16.9. The van der Waals surface area contributed by atoms with Crippen LogP contribution in [0.2, 0.25) is 0 Å². The lowest BCUT2D eigenvalue weighted by Gasteiger charge is -2.18. The third-order valence-electron chi connectivity index (χ3n) is 3.38. The van der Waals surface area contributed by atoms with E-state index in [2.05, 4.69) is 9.71 Å². The first-order valence-corrected chi connectivity index (χ1v) is 8.37. The Kier molecular flexibility index (Phi) is 4.69. The predicted octanol–water partition coefficient (Wildman–Crippen LogP) is 0.0467. The third-order valence-corrected chi connectivity index (χ3v) is 4.78. The molecule has 1 aromatic rings. The summed E-state index contributed by atoms with van der Waals surface area (Å²) in [6.45, 7) is 1.59. The van der Waals surface area contributed by atoms with Crippen molar-refractivity contribution >= 4 is 27.7 Å². The molecule has 1 amide bonds. The van der Waals surface area contributed by atoms with Gasteiger partial charge in [0.15, 0.2) is 0 Å². The molecule has 9 heteroatoms. The van der Waals surface area contributed by atoms with Gasteiger partial charge in [0.1, 0.15) is 11.9 Å². The number of nitrogens with zero attached hydrogens (tertiary/aromatic N) is 2. The standard InChI is InChI=1S/C14H17N3O5S/c1-9(14(20)17(2)8-7-12(18)19)15-13-10-5-3-4-6-11(10)23(21,22)16-13/h3-6,9H,7-8H2,1-2H3,(H,15,16)(H,18,19). The lowest BCUT2D eigenvalue weighted by atomic mass is 10.2. The molecule has 1 aromatic carbocycles. The summed E-state index contributed by atoms with van der Waals surface area (Å²) in [6.07, 6.45) is -0.166. The number of sulfonamides is 1. The van der Waals surface area contributed by atoms with Gasteiger partial charge in [-0.1, -0.05) is 12.1 Å². The minimum atomic E-state index is -3.65. The summed E-state index contributed by atoms with van der Waals surface area (Å²) in [5, 5.41) is 8.64. The molecule has 1 aliphatic rings. The zero-order valence-electron chi connectivity index (χ0n) is 12.7. The Balaban J connectivity index is 2.19. The SMILES string of the molecule is CC(N=C1NS(=O)(=O)c2ccccc21)C(=O)N(C)CCC(=O)O. The van der Waals surface area contributed by atoms with Gasteiger partial charge in [-0.05, 0) is 19.1 Å². The van der Waals surface area contributed by atoms with Crippen LogP contribution in [0.3, 0.4) is 0 Å². The van der Waals surface area contributed by atoms with Gasteiger partial charge < -0.3 is 10.0 Å². The highest BCUT2D eigenvalue weighted by molar-refractivity contribution is 7.90. The van der Waals surface area contributed by atoms with Gasteiger partial charge in [0.25, 0.3) is 10.0 Å². The molecule has 1 aliphatic heterocycles. The summed E-state index contributed by atoms with van der Waals surface area (Å²) < 4.78 is 26.3. The largest absolute Gasteiger partial charge is 0.481 e.